The molecule has 1 aromatic carbocycles. The molecule has 0 amide bonds. The van der Waals surface area contributed by atoms with Gasteiger partial charge in [-0.3, -0.25) is 4.68 Å². The molecule has 0 aliphatic carbocycles. The smallest absolute Gasteiger partial charge is 0.335 e. The molecule has 0 saturated heterocycles. The summed E-state index contributed by atoms with van der Waals surface area (Å²) in [6, 6.07) is 4.65. The number of aryl methyl sites for hydroxylation is 1. The van der Waals surface area contributed by atoms with Crippen molar-refractivity contribution >= 4 is 39.7 Å². The fourth-order valence-electron chi connectivity index (χ4n) is 2.13. The van der Waals surface area contributed by atoms with Crippen molar-refractivity contribution in [3.8, 4) is 0 Å². The van der Waals surface area contributed by atoms with Crippen LogP contribution in [0, 0.1) is 0 Å². The molecule has 0 radical (unpaired) electrons. The highest BCUT2D eigenvalue weighted by Crippen LogP contribution is 2.26. The number of aromatic nitrogens is 3. The molecular weight excluding hydrogens is 324 g/mol. The van der Waals surface area contributed by atoms with Crippen LogP contribution in [0.1, 0.15) is 33.0 Å². The maximum Gasteiger partial charge on any atom is 0.335 e. The number of carbonyl (C=O) groups is 1. The number of rotatable bonds is 4. The maximum atomic E-state index is 12.9. The number of fused-ring (bicyclic) bond motifs is 1. The molecule has 118 valence electrons. The summed E-state index contributed by atoms with van der Waals surface area (Å²) in [7, 11) is 1.58. The van der Waals surface area contributed by atoms with Gasteiger partial charge in [0.2, 0.25) is 0 Å². The molecule has 2 heterocycles. The summed E-state index contributed by atoms with van der Waals surface area (Å²) in [5.74, 6) is -1.01. The van der Waals surface area contributed by atoms with Gasteiger partial charge in [-0.15, -0.1) is 11.3 Å². The molecule has 2 aromatic heterocycles. The molecule has 3 aromatic rings. The van der Waals surface area contributed by atoms with Gasteiger partial charge in [0.05, 0.1) is 15.8 Å². The summed E-state index contributed by atoms with van der Waals surface area (Å²) in [6.45, 7) is 0. The van der Waals surface area contributed by atoms with E-state index in [1.165, 1.54) is 34.4 Å². The lowest BCUT2D eigenvalue weighted by Crippen LogP contribution is -1.94. The number of thiazole rings is 1. The fourth-order valence-corrected chi connectivity index (χ4v) is 3.04. The molecule has 23 heavy (non-hydrogen) atoms. The normalized spacial score (nSPS) is 11.8. The second-order valence-corrected chi connectivity index (χ2v) is 5.88. The van der Waals surface area contributed by atoms with Crippen LogP contribution in [0.25, 0.3) is 22.4 Å². The van der Waals surface area contributed by atoms with E-state index in [4.69, 9.17) is 5.11 Å². The number of alkyl halides is 2. The number of hydrogen-bond donors (Lipinski definition) is 1. The van der Waals surface area contributed by atoms with Crippen molar-refractivity contribution in [3.63, 3.8) is 0 Å². The van der Waals surface area contributed by atoms with Gasteiger partial charge in [-0.05, 0) is 30.4 Å². The highest BCUT2D eigenvalue weighted by molar-refractivity contribution is 7.19. The Morgan fingerprint density at radius 3 is 2.87 bits per heavy atom. The Kier molecular flexibility index (Phi) is 3.91. The fraction of sp³-hybridized carbons (Fsp3) is 0.133. The Morgan fingerprint density at radius 1 is 1.39 bits per heavy atom. The second kappa shape index (κ2) is 5.88. The summed E-state index contributed by atoms with van der Waals surface area (Å²) in [5, 5.41) is 13.3. The number of carboxylic acids is 1. The number of aromatic carboxylic acids is 1. The molecule has 0 saturated carbocycles. The lowest BCUT2D eigenvalue weighted by molar-refractivity contribution is 0.0697. The number of benzene rings is 1. The Balaban J connectivity index is 1.94. The second-order valence-electron chi connectivity index (χ2n) is 4.82. The zero-order chi connectivity index (χ0) is 16.6. The van der Waals surface area contributed by atoms with Crippen LogP contribution in [0.15, 0.2) is 24.4 Å². The minimum Gasteiger partial charge on any atom is -0.478 e. The van der Waals surface area contributed by atoms with Crippen LogP contribution in [-0.4, -0.2) is 25.8 Å². The quantitative estimate of drug-likeness (QED) is 0.787. The van der Waals surface area contributed by atoms with Crippen molar-refractivity contribution in [1.29, 1.82) is 0 Å². The van der Waals surface area contributed by atoms with Gasteiger partial charge >= 0.3 is 5.97 Å². The molecule has 0 fully saturated rings. The summed E-state index contributed by atoms with van der Waals surface area (Å²) in [4.78, 5) is 15.3. The zero-order valence-electron chi connectivity index (χ0n) is 11.9. The minimum atomic E-state index is -2.65. The predicted octanol–water partition coefficient (Wildman–Crippen LogP) is 3.84. The monoisotopic (exact) mass is 335 g/mol. The van der Waals surface area contributed by atoms with E-state index < -0.39 is 12.4 Å². The molecule has 5 nitrogen and oxygen atoms in total. The van der Waals surface area contributed by atoms with E-state index in [-0.39, 0.29) is 11.3 Å². The summed E-state index contributed by atoms with van der Waals surface area (Å²) in [5.41, 5.74) is 0.898. The van der Waals surface area contributed by atoms with Gasteiger partial charge in [-0.1, -0.05) is 0 Å². The molecule has 0 unspecified atom stereocenters. The van der Waals surface area contributed by atoms with Crippen molar-refractivity contribution in [2.75, 3.05) is 0 Å². The first-order valence-corrected chi connectivity index (χ1v) is 7.39. The third-order valence-corrected chi connectivity index (χ3v) is 4.13. The third kappa shape index (κ3) is 3.11. The summed E-state index contributed by atoms with van der Waals surface area (Å²) in [6.07, 6.45) is 2.01. The molecule has 1 N–H and O–H groups in total. The van der Waals surface area contributed by atoms with Gasteiger partial charge in [-0.2, -0.15) is 5.10 Å². The van der Waals surface area contributed by atoms with E-state index in [9.17, 15) is 13.6 Å². The van der Waals surface area contributed by atoms with Crippen LogP contribution in [0.2, 0.25) is 0 Å². The molecule has 0 atom stereocenters. The van der Waals surface area contributed by atoms with Crippen LogP contribution < -0.4 is 0 Å². The van der Waals surface area contributed by atoms with Gasteiger partial charge in [-0.25, -0.2) is 18.6 Å². The first-order chi connectivity index (χ1) is 10.9. The molecule has 0 spiro atoms. The van der Waals surface area contributed by atoms with Crippen LogP contribution in [-0.2, 0) is 7.05 Å². The molecule has 0 bridgehead atoms. The van der Waals surface area contributed by atoms with Crippen molar-refractivity contribution in [3.05, 3.63) is 46.2 Å². The predicted molar refractivity (Wildman–Crippen MR) is 83.7 cm³/mol. The average Bonchev–Trinajstić information content (AvgIpc) is 3.06. The minimum absolute atomic E-state index is 0.184. The Bertz CT molecular complexity index is 915. The number of nitrogens with zero attached hydrogens (tertiary/aromatic N) is 3. The van der Waals surface area contributed by atoms with Gasteiger partial charge < -0.3 is 5.11 Å². The van der Waals surface area contributed by atoms with Gasteiger partial charge in [0.25, 0.3) is 6.43 Å². The molecular formula is C15H11F2N3O2S. The Labute approximate surface area is 133 Å². The van der Waals surface area contributed by atoms with Crippen LogP contribution in [0.4, 0.5) is 8.78 Å². The van der Waals surface area contributed by atoms with Crippen molar-refractivity contribution in [1.82, 2.24) is 14.8 Å². The topological polar surface area (TPSA) is 68.0 Å². The van der Waals surface area contributed by atoms with E-state index >= 15 is 0 Å². The van der Waals surface area contributed by atoms with E-state index in [2.05, 4.69) is 10.1 Å². The first-order valence-electron chi connectivity index (χ1n) is 6.57. The number of carboxylic acid groups (broad SMARTS) is 1. The highest BCUT2D eigenvalue weighted by atomic mass is 32.1. The lowest BCUT2D eigenvalue weighted by atomic mass is 10.2. The highest BCUT2D eigenvalue weighted by Gasteiger charge is 2.15. The number of halogens is 2. The molecule has 8 heteroatoms. The molecule has 3 rings (SSSR count). The van der Waals surface area contributed by atoms with E-state index in [1.54, 1.807) is 25.3 Å². The van der Waals surface area contributed by atoms with E-state index in [1.807, 2.05) is 0 Å². The van der Waals surface area contributed by atoms with Crippen LogP contribution in [0.3, 0.4) is 0 Å². The van der Waals surface area contributed by atoms with Crippen molar-refractivity contribution in [2.45, 2.75) is 6.43 Å². The molecule has 0 aliphatic heterocycles. The zero-order valence-corrected chi connectivity index (χ0v) is 12.7. The molecule has 0 aliphatic rings. The lowest BCUT2D eigenvalue weighted by Gasteiger charge is -1.93. The third-order valence-electron chi connectivity index (χ3n) is 3.15. The average molecular weight is 335 g/mol. The Morgan fingerprint density at radius 2 is 2.17 bits per heavy atom. The maximum absolute atomic E-state index is 12.9. The number of hydrogen-bond acceptors (Lipinski definition) is 4. The first kappa shape index (κ1) is 15.3. The SMILES string of the molecule is Cn1cc(/C=C/c2nc3ccc(C(=O)O)cc3s2)c(C(F)F)n1. The largest absolute Gasteiger partial charge is 0.478 e. The van der Waals surface area contributed by atoms with Gasteiger partial charge in [0.15, 0.2) is 0 Å². The summed E-state index contributed by atoms with van der Waals surface area (Å²) < 4.78 is 27.8. The standard InChI is InChI=1S/C15H11F2N3O2S/c1-20-7-9(13(19-20)14(16)17)3-5-12-18-10-4-2-8(15(21)22)6-11(10)23-12/h2-7,14H,1H3,(H,21,22)/b5-3+. The summed E-state index contributed by atoms with van der Waals surface area (Å²) >= 11 is 1.29. The van der Waals surface area contributed by atoms with Gasteiger partial charge in [0, 0.05) is 18.8 Å². The van der Waals surface area contributed by atoms with Crippen LogP contribution >= 0.6 is 11.3 Å². The van der Waals surface area contributed by atoms with Gasteiger partial charge in [0.1, 0.15) is 10.7 Å². The van der Waals surface area contributed by atoms with E-state index in [0.29, 0.717) is 16.1 Å². The Hall–Kier alpha value is -2.61. The van der Waals surface area contributed by atoms with Crippen LogP contribution in [0.5, 0.6) is 0 Å². The van der Waals surface area contributed by atoms with E-state index in [0.717, 1.165) is 4.70 Å². The van der Waals surface area contributed by atoms with Crippen molar-refractivity contribution in [2.24, 2.45) is 7.05 Å². The van der Waals surface area contributed by atoms with Crippen molar-refractivity contribution < 1.29 is 18.7 Å².